The van der Waals surface area contributed by atoms with Gasteiger partial charge in [-0.15, -0.1) is 70.8 Å². The van der Waals surface area contributed by atoms with Crippen molar-refractivity contribution in [1.29, 1.82) is 0 Å². The van der Waals surface area contributed by atoms with E-state index in [4.69, 9.17) is 9.97 Å². The third-order valence-electron chi connectivity index (χ3n) is 8.18. The predicted octanol–water partition coefficient (Wildman–Crippen LogP) is 7.96. The molecule has 4 nitrogen and oxygen atoms in total. The zero-order valence-corrected chi connectivity index (χ0v) is 25.8. The molecule has 0 N–H and O–H groups in total. The van der Waals surface area contributed by atoms with Crippen LogP contribution in [0.3, 0.4) is 0 Å². The Kier molecular flexibility index (Phi) is 6.71. The third kappa shape index (κ3) is 4.51. The van der Waals surface area contributed by atoms with Gasteiger partial charge in [0.2, 0.25) is 0 Å². The van der Waals surface area contributed by atoms with Crippen molar-refractivity contribution in [3.8, 4) is 34.2 Å². The molecule has 0 saturated carbocycles. The zero-order chi connectivity index (χ0) is 27.5. The van der Waals surface area contributed by atoms with Gasteiger partial charge in [0.15, 0.2) is 0 Å². The second-order valence-corrected chi connectivity index (χ2v) is 11.5. The van der Waals surface area contributed by atoms with E-state index in [1.165, 1.54) is 0 Å². The van der Waals surface area contributed by atoms with Gasteiger partial charge in [-0.3, -0.25) is 9.97 Å². The summed E-state index contributed by atoms with van der Waals surface area (Å²) in [6.07, 6.45) is 4.31. The van der Waals surface area contributed by atoms with Crippen LogP contribution < -0.4 is 0 Å². The zero-order valence-electron chi connectivity index (χ0n) is 23.5. The maximum Gasteiger partial charge on any atom is 2.00 e. The molecule has 8 bridgehead atoms. The van der Waals surface area contributed by atoms with Gasteiger partial charge in [0.1, 0.15) is 0 Å². The summed E-state index contributed by atoms with van der Waals surface area (Å²) in [6, 6.07) is 41.0. The summed E-state index contributed by atoms with van der Waals surface area (Å²) < 4.78 is 4.36. The minimum Gasteiger partial charge on any atom is -0.340 e. The fourth-order valence-corrected chi connectivity index (χ4v) is 5.52. The van der Waals surface area contributed by atoms with Crippen LogP contribution in [0, 0.1) is 12.1 Å². The summed E-state index contributed by atoms with van der Waals surface area (Å²) in [4.78, 5) is 10.6. The van der Waals surface area contributed by atoms with Gasteiger partial charge in [-0.05, 0) is 43.5 Å². The van der Waals surface area contributed by atoms with E-state index in [2.05, 4.69) is 146 Å². The summed E-state index contributed by atoms with van der Waals surface area (Å²) in [5, 5.41) is 0. The molecule has 2 aromatic heterocycles. The molecular weight excluding hydrogens is 684 g/mol. The first-order chi connectivity index (χ1) is 19.3. The second kappa shape index (κ2) is 10.1. The first kappa shape index (κ1) is 27.2. The van der Waals surface area contributed by atoms with Crippen LogP contribution in [0.15, 0.2) is 109 Å². The van der Waals surface area contributed by atoms with E-state index in [0.29, 0.717) is 0 Å². The van der Waals surface area contributed by atoms with Gasteiger partial charge < -0.3 is 9.13 Å². The smallest absolute Gasteiger partial charge is 0.340 e. The van der Waals surface area contributed by atoms with Crippen molar-refractivity contribution in [2.24, 2.45) is 0 Å². The second-order valence-electron chi connectivity index (χ2n) is 11.5. The number of aromatic nitrogens is 4. The molecule has 6 aromatic rings. The summed E-state index contributed by atoms with van der Waals surface area (Å²) >= 11 is 0. The number of benzene rings is 4. The van der Waals surface area contributed by atoms with Gasteiger partial charge in [-0.1, -0.05) is 50.2 Å². The van der Waals surface area contributed by atoms with Crippen LogP contribution in [0.25, 0.3) is 34.2 Å². The molecule has 0 saturated heterocycles. The molecule has 5 heteroatoms. The fourth-order valence-electron chi connectivity index (χ4n) is 5.52. The summed E-state index contributed by atoms with van der Waals surface area (Å²) in [6.45, 7) is 8.87. The number of rotatable bonds is 2. The van der Waals surface area contributed by atoms with Crippen molar-refractivity contribution in [2.75, 3.05) is 0 Å². The quantitative estimate of drug-likeness (QED) is 0.171. The summed E-state index contributed by atoms with van der Waals surface area (Å²) in [5.41, 5.74) is 7.30. The predicted molar refractivity (Wildman–Crippen MR) is 160 cm³/mol. The van der Waals surface area contributed by atoms with E-state index >= 15 is 0 Å². The molecule has 0 radical (unpaired) electrons. The van der Waals surface area contributed by atoms with Crippen LogP contribution in [0.4, 0.5) is 0 Å². The van der Waals surface area contributed by atoms with Crippen LogP contribution in [0.5, 0.6) is 0 Å². The van der Waals surface area contributed by atoms with E-state index in [-0.39, 0.29) is 26.5 Å². The molecule has 0 atom stereocenters. The summed E-state index contributed by atoms with van der Waals surface area (Å²) in [5.74, 6) is 1.73. The molecule has 3 heterocycles. The Balaban J connectivity index is 0.00000302. The van der Waals surface area contributed by atoms with Crippen molar-refractivity contribution in [3.05, 3.63) is 144 Å². The molecular formula is C36H30N4Pt. The SMILES string of the molecule is CC1(C)c2[c-]c(ccc2)-c2nc(cn2-c2ccccc2)C(C)(C)c2cn(-c3ccccc3)c(n2)-c2[c-]c1ccc2.[Pt+2]. The first-order valence-electron chi connectivity index (χ1n) is 13.7. The maximum absolute atomic E-state index is 5.29. The van der Waals surface area contributed by atoms with E-state index in [0.717, 1.165) is 56.7 Å². The van der Waals surface area contributed by atoms with Crippen LogP contribution in [0.2, 0.25) is 0 Å². The molecule has 1 aliphatic heterocycles. The van der Waals surface area contributed by atoms with Crippen molar-refractivity contribution in [1.82, 2.24) is 19.1 Å². The van der Waals surface area contributed by atoms with Gasteiger partial charge in [-0.25, -0.2) is 0 Å². The Labute approximate surface area is 256 Å². The molecule has 41 heavy (non-hydrogen) atoms. The first-order valence-corrected chi connectivity index (χ1v) is 13.7. The molecule has 0 unspecified atom stereocenters. The van der Waals surface area contributed by atoms with Gasteiger partial charge >= 0.3 is 21.1 Å². The van der Waals surface area contributed by atoms with Crippen LogP contribution >= 0.6 is 0 Å². The minimum atomic E-state index is -0.470. The van der Waals surface area contributed by atoms with Crippen molar-refractivity contribution in [3.63, 3.8) is 0 Å². The molecule has 0 spiro atoms. The molecule has 4 aromatic carbocycles. The topological polar surface area (TPSA) is 35.6 Å². The van der Waals surface area contributed by atoms with E-state index in [1.807, 2.05) is 12.1 Å². The van der Waals surface area contributed by atoms with Gasteiger partial charge in [0, 0.05) is 23.8 Å². The Hall–Kier alpha value is -4.01. The van der Waals surface area contributed by atoms with Gasteiger partial charge in [0.25, 0.3) is 0 Å². The molecule has 0 amide bonds. The third-order valence-corrected chi connectivity index (χ3v) is 8.18. The van der Waals surface area contributed by atoms with Crippen LogP contribution in [-0.4, -0.2) is 19.1 Å². The summed E-state index contributed by atoms with van der Waals surface area (Å²) in [7, 11) is 0. The Morgan fingerprint density at radius 2 is 0.927 bits per heavy atom. The normalized spacial score (nSPS) is 14.5. The van der Waals surface area contributed by atoms with Crippen molar-refractivity contribution >= 4 is 0 Å². The number of para-hydroxylation sites is 2. The Bertz CT molecular complexity index is 1710. The monoisotopic (exact) mass is 713 g/mol. The number of imidazole rings is 2. The van der Waals surface area contributed by atoms with Crippen molar-refractivity contribution < 1.29 is 21.1 Å². The molecule has 0 aliphatic carbocycles. The van der Waals surface area contributed by atoms with Crippen molar-refractivity contribution in [2.45, 2.75) is 38.5 Å². The molecule has 1 aliphatic rings. The fraction of sp³-hybridized carbons (Fsp3) is 0.167. The Morgan fingerprint density at radius 1 is 0.512 bits per heavy atom. The molecule has 0 fully saturated rings. The largest absolute Gasteiger partial charge is 2.00 e. The number of fused-ring (bicyclic) bond motifs is 10. The van der Waals surface area contributed by atoms with E-state index < -0.39 is 5.41 Å². The average Bonchev–Trinajstić information content (AvgIpc) is 3.65. The molecule has 7 rings (SSSR count). The molecule has 204 valence electrons. The van der Waals surface area contributed by atoms with E-state index in [9.17, 15) is 0 Å². The number of hydrogen-bond acceptors (Lipinski definition) is 2. The number of hydrogen-bond donors (Lipinski definition) is 0. The number of nitrogens with zero attached hydrogens (tertiary/aromatic N) is 4. The standard InChI is InChI=1S/C36H30N4.Pt/c1-35(2)27-15-11-13-25(21-27)33-37-31(23-39(33)29-17-7-5-8-18-29)36(3,4)32-24-40(30-19-9-6-10-20-30)34(38-32)26-14-12-16-28(35)22-26;/h5-20,23-24H,1-4H3;/q-2;+2. The maximum atomic E-state index is 5.29. The minimum absolute atomic E-state index is 0. The Morgan fingerprint density at radius 3 is 1.34 bits per heavy atom. The van der Waals surface area contributed by atoms with Crippen LogP contribution in [-0.2, 0) is 31.9 Å². The van der Waals surface area contributed by atoms with Crippen LogP contribution in [0.1, 0.15) is 50.2 Å². The van der Waals surface area contributed by atoms with Gasteiger partial charge in [-0.2, -0.15) is 0 Å². The van der Waals surface area contributed by atoms with Gasteiger partial charge in [0.05, 0.1) is 28.5 Å². The van der Waals surface area contributed by atoms with E-state index in [1.54, 1.807) is 0 Å². The average molecular weight is 714 g/mol.